The van der Waals surface area contributed by atoms with Gasteiger partial charge >= 0.3 is 0 Å². The number of methoxy groups -OCH3 is 2. The van der Waals surface area contributed by atoms with Crippen LogP contribution in [-0.2, 0) is 11.3 Å². The average molecular weight is 344 g/mol. The van der Waals surface area contributed by atoms with Gasteiger partial charge in [0.15, 0.2) is 11.5 Å². The Labute approximate surface area is 147 Å². The monoisotopic (exact) mass is 344 g/mol. The van der Waals surface area contributed by atoms with Gasteiger partial charge < -0.3 is 9.47 Å². The smallest absolute Gasteiger partial charge is 0.241 e. The van der Waals surface area contributed by atoms with E-state index in [0.29, 0.717) is 30.2 Å². The summed E-state index contributed by atoms with van der Waals surface area (Å²) in [7, 11) is 3.16. The Morgan fingerprint density at radius 2 is 1.92 bits per heavy atom. The molecule has 0 fully saturated rings. The lowest BCUT2D eigenvalue weighted by Gasteiger charge is -2.09. The molecule has 0 aliphatic heterocycles. The van der Waals surface area contributed by atoms with Crippen molar-refractivity contribution in [3.63, 3.8) is 0 Å². The van der Waals surface area contributed by atoms with Crippen LogP contribution in [0.5, 0.6) is 11.5 Å². The summed E-state index contributed by atoms with van der Waals surface area (Å²) >= 11 is 0. The predicted octanol–water partition coefficient (Wildman–Crippen LogP) is 2.45. The maximum absolute atomic E-state index is 12.0. The summed E-state index contributed by atoms with van der Waals surface area (Å²) in [5.41, 5.74) is 6.09. The van der Waals surface area contributed by atoms with Gasteiger partial charge in [-0.3, -0.25) is 9.48 Å². The van der Waals surface area contributed by atoms with Crippen molar-refractivity contribution in [2.75, 3.05) is 14.2 Å². The van der Waals surface area contributed by atoms with E-state index < -0.39 is 0 Å². The number of benzene rings is 1. The molecule has 1 amide bonds. The van der Waals surface area contributed by atoms with Crippen molar-refractivity contribution in [3.8, 4) is 11.5 Å². The summed E-state index contributed by atoms with van der Waals surface area (Å²) in [6, 6.07) is 7.47. The number of carbonyl (C=O) groups excluding carboxylic acids is 1. The molecule has 0 unspecified atom stereocenters. The van der Waals surface area contributed by atoms with Crippen molar-refractivity contribution in [2.24, 2.45) is 5.10 Å². The Hall–Kier alpha value is -2.83. The summed E-state index contributed by atoms with van der Waals surface area (Å²) in [5.74, 6) is 1.10. The molecule has 0 bridgehead atoms. The number of aryl methyl sites for hydroxylation is 3. The third-order valence-corrected chi connectivity index (χ3v) is 3.80. The van der Waals surface area contributed by atoms with E-state index in [9.17, 15) is 4.79 Å². The number of rotatable bonds is 7. The second-order valence-corrected chi connectivity index (χ2v) is 5.70. The highest BCUT2D eigenvalue weighted by molar-refractivity contribution is 5.99. The van der Waals surface area contributed by atoms with Gasteiger partial charge in [0.25, 0.3) is 0 Å². The zero-order valence-corrected chi connectivity index (χ0v) is 15.3. The van der Waals surface area contributed by atoms with Crippen LogP contribution in [0.4, 0.5) is 0 Å². The minimum atomic E-state index is -0.160. The summed E-state index contributed by atoms with van der Waals surface area (Å²) in [6.45, 7) is 6.25. The number of nitrogens with zero attached hydrogens (tertiary/aromatic N) is 3. The van der Waals surface area contributed by atoms with Gasteiger partial charge in [-0.15, -0.1) is 0 Å². The summed E-state index contributed by atoms with van der Waals surface area (Å²) in [5, 5.41) is 8.49. The number of amides is 1. The average Bonchev–Trinajstić information content (AvgIpc) is 2.94. The SMILES string of the molecule is COc1ccc(C(C)=NNC(=O)CCn2nc(C)cc2C)cc1OC. The quantitative estimate of drug-likeness (QED) is 0.618. The van der Waals surface area contributed by atoms with Crippen molar-refractivity contribution in [2.45, 2.75) is 33.7 Å². The first-order chi connectivity index (χ1) is 11.9. The normalized spacial score (nSPS) is 11.3. The Bertz CT molecular complexity index is 781. The molecule has 1 heterocycles. The topological polar surface area (TPSA) is 77.7 Å². The van der Waals surface area contributed by atoms with Gasteiger partial charge in [0.05, 0.1) is 32.2 Å². The van der Waals surface area contributed by atoms with Crippen LogP contribution in [-0.4, -0.2) is 35.6 Å². The second-order valence-electron chi connectivity index (χ2n) is 5.70. The molecule has 0 saturated heterocycles. The lowest BCUT2D eigenvalue weighted by molar-refractivity contribution is -0.121. The van der Waals surface area contributed by atoms with E-state index in [1.165, 1.54) is 0 Å². The van der Waals surface area contributed by atoms with Crippen molar-refractivity contribution in [1.29, 1.82) is 0 Å². The second kappa shape index (κ2) is 8.32. The van der Waals surface area contributed by atoms with E-state index in [1.54, 1.807) is 20.3 Å². The summed E-state index contributed by atoms with van der Waals surface area (Å²) in [4.78, 5) is 12.0. The van der Waals surface area contributed by atoms with Crippen LogP contribution in [0.1, 0.15) is 30.3 Å². The Balaban J connectivity index is 1.96. The molecule has 0 spiro atoms. The van der Waals surface area contributed by atoms with E-state index in [2.05, 4.69) is 15.6 Å². The number of hydrogen-bond donors (Lipinski definition) is 1. The van der Waals surface area contributed by atoms with Gasteiger partial charge in [-0.25, -0.2) is 5.43 Å². The van der Waals surface area contributed by atoms with Crippen molar-refractivity contribution < 1.29 is 14.3 Å². The highest BCUT2D eigenvalue weighted by Gasteiger charge is 2.08. The number of carbonyl (C=O) groups is 1. The van der Waals surface area contributed by atoms with E-state index in [0.717, 1.165) is 17.0 Å². The van der Waals surface area contributed by atoms with Gasteiger partial charge in [0.1, 0.15) is 0 Å². The minimum Gasteiger partial charge on any atom is -0.493 e. The van der Waals surface area contributed by atoms with E-state index >= 15 is 0 Å². The fourth-order valence-corrected chi connectivity index (χ4v) is 2.44. The molecule has 25 heavy (non-hydrogen) atoms. The molecule has 0 radical (unpaired) electrons. The molecular weight excluding hydrogens is 320 g/mol. The summed E-state index contributed by atoms with van der Waals surface area (Å²) < 4.78 is 12.3. The molecule has 0 saturated carbocycles. The van der Waals surface area contributed by atoms with Gasteiger partial charge in [-0.2, -0.15) is 10.2 Å². The molecular formula is C18H24N4O3. The van der Waals surface area contributed by atoms with E-state index in [4.69, 9.17) is 9.47 Å². The van der Waals surface area contributed by atoms with Gasteiger partial charge in [0.2, 0.25) is 5.91 Å². The number of ether oxygens (including phenoxy) is 2. The molecule has 0 atom stereocenters. The summed E-state index contributed by atoms with van der Waals surface area (Å²) in [6.07, 6.45) is 0.310. The zero-order valence-electron chi connectivity index (χ0n) is 15.3. The fraction of sp³-hybridized carbons (Fsp3) is 0.389. The van der Waals surface area contributed by atoms with Crippen LogP contribution in [0.2, 0.25) is 0 Å². The zero-order chi connectivity index (χ0) is 18.4. The number of hydrogen-bond acceptors (Lipinski definition) is 5. The highest BCUT2D eigenvalue weighted by atomic mass is 16.5. The maximum Gasteiger partial charge on any atom is 0.241 e. The fourth-order valence-electron chi connectivity index (χ4n) is 2.44. The van der Waals surface area contributed by atoms with E-state index in [-0.39, 0.29) is 5.91 Å². The van der Waals surface area contributed by atoms with Crippen molar-refractivity contribution >= 4 is 11.6 Å². The maximum atomic E-state index is 12.0. The standard InChI is InChI=1S/C18H24N4O3/c1-12-10-13(2)22(21-12)9-8-18(23)20-19-14(3)15-6-7-16(24-4)17(11-15)25-5/h6-7,10-11H,8-9H2,1-5H3,(H,20,23). The predicted molar refractivity (Wildman–Crippen MR) is 96.2 cm³/mol. The lowest BCUT2D eigenvalue weighted by atomic mass is 10.1. The molecule has 7 nitrogen and oxygen atoms in total. The minimum absolute atomic E-state index is 0.160. The first-order valence-corrected chi connectivity index (χ1v) is 8.01. The molecule has 0 aliphatic carbocycles. The molecule has 1 aromatic heterocycles. The Morgan fingerprint density at radius 3 is 2.52 bits per heavy atom. The largest absolute Gasteiger partial charge is 0.493 e. The Morgan fingerprint density at radius 1 is 1.20 bits per heavy atom. The molecule has 1 N–H and O–H groups in total. The first kappa shape index (κ1) is 18.5. The van der Waals surface area contributed by atoms with Gasteiger partial charge in [-0.05, 0) is 45.0 Å². The van der Waals surface area contributed by atoms with E-state index in [1.807, 2.05) is 43.7 Å². The van der Waals surface area contributed by atoms with Crippen LogP contribution in [0.15, 0.2) is 29.4 Å². The molecule has 7 heteroatoms. The van der Waals surface area contributed by atoms with Crippen LogP contribution >= 0.6 is 0 Å². The number of aromatic nitrogens is 2. The first-order valence-electron chi connectivity index (χ1n) is 8.01. The van der Waals surface area contributed by atoms with Crippen LogP contribution in [0, 0.1) is 13.8 Å². The lowest BCUT2D eigenvalue weighted by Crippen LogP contribution is -2.21. The Kier molecular flexibility index (Phi) is 6.16. The van der Waals surface area contributed by atoms with Crippen molar-refractivity contribution in [3.05, 3.63) is 41.2 Å². The molecule has 134 valence electrons. The molecule has 2 rings (SSSR count). The third-order valence-electron chi connectivity index (χ3n) is 3.80. The van der Waals surface area contributed by atoms with Gasteiger partial charge in [0, 0.05) is 17.7 Å². The number of hydrazone groups is 1. The third kappa shape index (κ3) is 4.82. The van der Waals surface area contributed by atoms with Gasteiger partial charge in [-0.1, -0.05) is 0 Å². The van der Waals surface area contributed by atoms with Crippen LogP contribution in [0.3, 0.4) is 0 Å². The number of nitrogens with one attached hydrogen (secondary N) is 1. The van der Waals surface area contributed by atoms with Crippen molar-refractivity contribution in [1.82, 2.24) is 15.2 Å². The molecule has 2 aromatic rings. The molecule has 0 aliphatic rings. The molecule has 1 aromatic carbocycles. The highest BCUT2D eigenvalue weighted by Crippen LogP contribution is 2.27. The van der Waals surface area contributed by atoms with Crippen LogP contribution < -0.4 is 14.9 Å². The van der Waals surface area contributed by atoms with Crippen LogP contribution in [0.25, 0.3) is 0 Å².